The van der Waals surface area contributed by atoms with E-state index in [-0.39, 0.29) is 11.9 Å². The fourth-order valence-corrected chi connectivity index (χ4v) is 1.98. The molecule has 1 heterocycles. The van der Waals surface area contributed by atoms with Crippen molar-refractivity contribution in [2.75, 3.05) is 0 Å². The molecule has 1 amide bonds. The summed E-state index contributed by atoms with van der Waals surface area (Å²) in [6.07, 6.45) is 7.25. The number of amides is 1. The van der Waals surface area contributed by atoms with Crippen molar-refractivity contribution >= 4 is 5.91 Å². The van der Waals surface area contributed by atoms with E-state index in [0.717, 1.165) is 12.8 Å². The molecule has 1 aromatic heterocycles. The molecule has 17 heavy (non-hydrogen) atoms. The summed E-state index contributed by atoms with van der Waals surface area (Å²) in [6.45, 7) is 1.85. The number of aromatic amines is 1. The van der Waals surface area contributed by atoms with Crippen molar-refractivity contribution in [1.29, 1.82) is 0 Å². The third kappa shape index (κ3) is 3.37. The predicted molar refractivity (Wildman–Crippen MR) is 61.9 cm³/mol. The zero-order valence-electron chi connectivity index (χ0n) is 9.94. The summed E-state index contributed by atoms with van der Waals surface area (Å²) in [7, 11) is 0. The molecule has 1 atom stereocenters. The molecule has 1 unspecified atom stereocenters. The first-order valence-corrected chi connectivity index (χ1v) is 5.96. The first kappa shape index (κ1) is 11.8. The number of aromatic nitrogens is 4. The van der Waals surface area contributed by atoms with Crippen LogP contribution in [0.4, 0.5) is 0 Å². The van der Waals surface area contributed by atoms with Gasteiger partial charge in [0.15, 0.2) is 5.82 Å². The Morgan fingerprint density at radius 3 is 3.12 bits per heavy atom. The van der Waals surface area contributed by atoms with Crippen LogP contribution in [0.3, 0.4) is 0 Å². The topological polar surface area (TPSA) is 83.6 Å². The van der Waals surface area contributed by atoms with Crippen molar-refractivity contribution in [2.45, 2.75) is 45.1 Å². The summed E-state index contributed by atoms with van der Waals surface area (Å²) in [5.41, 5.74) is 1.24. The van der Waals surface area contributed by atoms with E-state index in [9.17, 15) is 4.79 Å². The number of rotatable bonds is 4. The highest BCUT2D eigenvalue weighted by atomic mass is 16.1. The molecule has 0 radical (unpaired) electrons. The largest absolute Gasteiger partial charge is 0.346 e. The zero-order chi connectivity index (χ0) is 12.1. The molecule has 0 saturated carbocycles. The molecule has 1 aromatic rings. The van der Waals surface area contributed by atoms with E-state index < -0.39 is 0 Å². The first-order valence-electron chi connectivity index (χ1n) is 5.96. The molecule has 1 aliphatic carbocycles. The standard InChI is InChI=1S/C11H17N5O/c1-8(11-13-15-16-14-11)12-10(17)7-9-5-3-2-4-6-9/h5,8H,2-4,6-7H2,1H3,(H,12,17)(H,13,14,15,16). The Labute approximate surface area is 99.9 Å². The maximum atomic E-state index is 11.8. The Kier molecular flexibility index (Phi) is 3.85. The van der Waals surface area contributed by atoms with Gasteiger partial charge in [0.1, 0.15) is 0 Å². The van der Waals surface area contributed by atoms with E-state index in [1.165, 1.54) is 18.4 Å². The number of carbonyl (C=O) groups excluding carboxylic acids is 1. The van der Waals surface area contributed by atoms with Crippen LogP contribution >= 0.6 is 0 Å². The van der Waals surface area contributed by atoms with Crippen molar-refractivity contribution in [3.05, 3.63) is 17.5 Å². The Hall–Kier alpha value is -1.72. The van der Waals surface area contributed by atoms with Crippen LogP contribution in [-0.2, 0) is 4.79 Å². The van der Waals surface area contributed by atoms with Gasteiger partial charge in [0, 0.05) is 6.42 Å². The lowest BCUT2D eigenvalue weighted by Crippen LogP contribution is -2.27. The second-order valence-electron chi connectivity index (χ2n) is 4.34. The van der Waals surface area contributed by atoms with E-state index in [0.29, 0.717) is 12.2 Å². The minimum atomic E-state index is -0.203. The molecule has 2 rings (SSSR count). The molecule has 0 saturated heterocycles. The summed E-state index contributed by atoms with van der Waals surface area (Å²) in [4.78, 5) is 11.8. The first-order chi connectivity index (χ1) is 8.25. The average molecular weight is 235 g/mol. The molecule has 6 heteroatoms. The van der Waals surface area contributed by atoms with Crippen LogP contribution in [0, 0.1) is 0 Å². The summed E-state index contributed by atoms with van der Waals surface area (Å²) in [5.74, 6) is 0.534. The van der Waals surface area contributed by atoms with Crippen molar-refractivity contribution in [3.63, 3.8) is 0 Å². The van der Waals surface area contributed by atoms with Crippen LogP contribution in [0.25, 0.3) is 0 Å². The fourth-order valence-electron chi connectivity index (χ4n) is 1.98. The van der Waals surface area contributed by atoms with E-state index in [1.54, 1.807) is 0 Å². The van der Waals surface area contributed by atoms with Gasteiger partial charge < -0.3 is 5.32 Å². The summed E-state index contributed by atoms with van der Waals surface area (Å²) in [6, 6.07) is -0.203. The zero-order valence-corrected chi connectivity index (χ0v) is 9.94. The molecule has 0 spiro atoms. The summed E-state index contributed by atoms with van der Waals surface area (Å²) >= 11 is 0. The van der Waals surface area contributed by atoms with Gasteiger partial charge in [-0.3, -0.25) is 4.79 Å². The molecular formula is C11H17N5O. The molecular weight excluding hydrogens is 218 g/mol. The number of nitrogens with zero attached hydrogens (tertiary/aromatic N) is 3. The second kappa shape index (κ2) is 5.56. The van der Waals surface area contributed by atoms with Crippen LogP contribution in [0.5, 0.6) is 0 Å². The highest BCUT2D eigenvalue weighted by Crippen LogP contribution is 2.20. The van der Waals surface area contributed by atoms with E-state index in [2.05, 4.69) is 32.0 Å². The third-order valence-electron chi connectivity index (χ3n) is 2.90. The Bertz CT molecular complexity index is 398. The van der Waals surface area contributed by atoms with Crippen molar-refractivity contribution in [3.8, 4) is 0 Å². The summed E-state index contributed by atoms with van der Waals surface area (Å²) < 4.78 is 0. The fraction of sp³-hybridized carbons (Fsp3) is 0.636. The predicted octanol–water partition coefficient (Wildman–Crippen LogP) is 1.27. The van der Waals surface area contributed by atoms with E-state index in [1.807, 2.05) is 6.92 Å². The lowest BCUT2D eigenvalue weighted by atomic mass is 9.97. The quantitative estimate of drug-likeness (QED) is 0.770. The minimum Gasteiger partial charge on any atom is -0.346 e. The van der Waals surface area contributed by atoms with E-state index >= 15 is 0 Å². The van der Waals surface area contributed by atoms with Gasteiger partial charge in [-0.1, -0.05) is 16.9 Å². The molecule has 0 bridgehead atoms. The molecule has 0 aliphatic heterocycles. The van der Waals surface area contributed by atoms with Gasteiger partial charge >= 0.3 is 0 Å². The summed E-state index contributed by atoms with van der Waals surface area (Å²) in [5, 5.41) is 16.4. The highest BCUT2D eigenvalue weighted by molar-refractivity contribution is 5.78. The Morgan fingerprint density at radius 2 is 2.47 bits per heavy atom. The van der Waals surface area contributed by atoms with Crippen molar-refractivity contribution < 1.29 is 4.79 Å². The number of nitrogens with one attached hydrogen (secondary N) is 2. The van der Waals surface area contributed by atoms with Crippen LogP contribution in [0.2, 0.25) is 0 Å². The number of hydrogen-bond donors (Lipinski definition) is 2. The maximum absolute atomic E-state index is 11.8. The maximum Gasteiger partial charge on any atom is 0.224 e. The molecule has 92 valence electrons. The lowest BCUT2D eigenvalue weighted by Gasteiger charge is -2.14. The molecule has 0 aromatic carbocycles. The number of H-pyrrole nitrogens is 1. The lowest BCUT2D eigenvalue weighted by molar-refractivity contribution is -0.121. The van der Waals surface area contributed by atoms with Gasteiger partial charge in [0.25, 0.3) is 0 Å². The third-order valence-corrected chi connectivity index (χ3v) is 2.90. The highest BCUT2D eigenvalue weighted by Gasteiger charge is 2.15. The number of tetrazole rings is 1. The second-order valence-corrected chi connectivity index (χ2v) is 4.34. The van der Waals surface area contributed by atoms with Gasteiger partial charge in [-0.25, -0.2) is 0 Å². The van der Waals surface area contributed by atoms with Crippen LogP contribution < -0.4 is 5.32 Å². The Balaban J connectivity index is 1.83. The normalized spacial score (nSPS) is 17.4. The minimum absolute atomic E-state index is 0.0236. The SMILES string of the molecule is CC(NC(=O)CC1=CCCCC1)c1nn[nH]n1. The number of hydrogen-bond acceptors (Lipinski definition) is 4. The average Bonchev–Trinajstić information content (AvgIpc) is 2.83. The van der Waals surface area contributed by atoms with E-state index in [4.69, 9.17) is 0 Å². The number of allylic oxidation sites excluding steroid dienone is 1. The van der Waals surface area contributed by atoms with Crippen molar-refractivity contribution in [1.82, 2.24) is 25.9 Å². The van der Waals surface area contributed by atoms with Gasteiger partial charge in [0.05, 0.1) is 6.04 Å². The van der Waals surface area contributed by atoms with Gasteiger partial charge in [-0.05, 0) is 32.6 Å². The molecule has 0 fully saturated rings. The number of carbonyl (C=O) groups is 1. The van der Waals surface area contributed by atoms with Crippen LogP contribution in [-0.4, -0.2) is 26.5 Å². The van der Waals surface area contributed by atoms with Gasteiger partial charge in [0.2, 0.25) is 5.91 Å². The van der Waals surface area contributed by atoms with Gasteiger partial charge in [-0.2, -0.15) is 5.21 Å². The monoisotopic (exact) mass is 235 g/mol. The van der Waals surface area contributed by atoms with Gasteiger partial charge in [-0.15, -0.1) is 10.2 Å². The molecule has 6 nitrogen and oxygen atoms in total. The van der Waals surface area contributed by atoms with Crippen molar-refractivity contribution in [2.24, 2.45) is 0 Å². The van der Waals surface area contributed by atoms with Crippen LogP contribution in [0.15, 0.2) is 11.6 Å². The molecule has 1 aliphatic rings. The van der Waals surface area contributed by atoms with Crippen LogP contribution in [0.1, 0.15) is 50.9 Å². The molecule has 2 N–H and O–H groups in total. The smallest absolute Gasteiger partial charge is 0.224 e. The Morgan fingerprint density at radius 1 is 1.59 bits per heavy atom.